The maximum Gasteiger partial charge on any atom is 0.264 e. The number of benzene rings is 3. The molecule has 0 atom stereocenters. The highest BCUT2D eigenvalue weighted by molar-refractivity contribution is 7.92. The van der Waals surface area contributed by atoms with Crippen LogP contribution in [0.4, 0.5) is 5.69 Å². The van der Waals surface area contributed by atoms with Crippen LogP contribution in [0.25, 0.3) is 0 Å². The van der Waals surface area contributed by atoms with E-state index in [-0.39, 0.29) is 10.6 Å². The summed E-state index contributed by atoms with van der Waals surface area (Å²) in [5.41, 5.74) is 3.98. The van der Waals surface area contributed by atoms with Crippen molar-refractivity contribution in [1.82, 2.24) is 5.43 Å². The monoisotopic (exact) mass is 497 g/mol. The topological polar surface area (TPSA) is 107 Å². The Morgan fingerprint density at radius 3 is 2.00 bits per heavy atom. The van der Waals surface area contributed by atoms with Gasteiger partial charge in [0.1, 0.15) is 23.8 Å². The number of carbonyl (C=O) groups excluding carboxylic acids is 1. The molecule has 0 fully saturated rings. The smallest absolute Gasteiger partial charge is 0.264 e. The Labute approximate surface area is 205 Å². The lowest BCUT2D eigenvalue weighted by molar-refractivity contribution is -0.119. The Bertz CT molecular complexity index is 1290. The maximum atomic E-state index is 13.6. The molecule has 0 aliphatic heterocycles. The van der Waals surface area contributed by atoms with Crippen LogP contribution >= 0.6 is 0 Å². The molecule has 35 heavy (non-hydrogen) atoms. The van der Waals surface area contributed by atoms with E-state index in [0.717, 1.165) is 9.87 Å². The number of carbonyl (C=O) groups is 1. The molecule has 1 amide bonds. The van der Waals surface area contributed by atoms with E-state index < -0.39 is 22.5 Å². The first-order valence-electron chi connectivity index (χ1n) is 10.6. The molecule has 0 saturated carbocycles. The predicted octanol–water partition coefficient (Wildman–Crippen LogP) is 3.45. The minimum absolute atomic E-state index is 0.00470. The lowest BCUT2D eigenvalue weighted by atomic mass is 10.1. The second-order valence-electron chi connectivity index (χ2n) is 7.32. The van der Waals surface area contributed by atoms with Gasteiger partial charge in [0.15, 0.2) is 0 Å². The van der Waals surface area contributed by atoms with Crippen molar-refractivity contribution in [2.24, 2.45) is 5.10 Å². The molecule has 0 unspecified atom stereocenters. The van der Waals surface area contributed by atoms with Gasteiger partial charge in [0.25, 0.3) is 15.9 Å². The number of ether oxygens (including phenoxy) is 3. The summed E-state index contributed by atoms with van der Waals surface area (Å²) in [5, 5.41) is 4.12. The van der Waals surface area contributed by atoms with Gasteiger partial charge < -0.3 is 14.2 Å². The minimum Gasteiger partial charge on any atom is -0.497 e. The molecule has 0 aromatic heterocycles. The van der Waals surface area contributed by atoms with Gasteiger partial charge in [-0.1, -0.05) is 12.1 Å². The highest BCUT2D eigenvalue weighted by Gasteiger charge is 2.29. The largest absolute Gasteiger partial charge is 0.497 e. The van der Waals surface area contributed by atoms with Crippen molar-refractivity contribution >= 4 is 27.3 Å². The number of hydrazone groups is 1. The molecule has 10 heteroatoms. The van der Waals surface area contributed by atoms with E-state index in [1.54, 1.807) is 62.6 Å². The van der Waals surface area contributed by atoms with E-state index >= 15 is 0 Å². The molecule has 1 N–H and O–H groups in total. The van der Waals surface area contributed by atoms with Crippen molar-refractivity contribution in [1.29, 1.82) is 0 Å². The van der Waals surface area contributed by atoms with Crippen molar-refractivity contribution in [2.45, 2.75) is 11.8 Å². The molecule has 0 aliphatic carbocycles. The fourth-order valence-corrected chi connectivity index (χ4v) is 4.65. The lowest BCUT2D eigenvalue weighted by Crippen LogP contribution is -2.40. The van der Waals surface area contributed by atoms with Gasteiger partial charge in [0, 0.05) is 0 Å². The second kappa shape index (κ2) is 11.4. The summed E-state index contributed by atoms with van der Waals surface area (Å²) in [7, 11) is 0.362. The summed E-state index contributed by atoms with van der Waals surface area (Å²) < 4.78 is 43.7. The maximum absolute atomic E-state index is 13.6. The molecule has 3 rings (SSSR count). The Kier molecular flexibility index (Phi) is 8.32. The summed E-state index contributed by atoms with van der Waals surface area (Å²) >= 11 is 0. The average molecular weight is 498 g/mol. The molecule has 9 nitrogen and oxygen atoms in total. The predicted molar refractivity (Wildman–Crippen MR) is 134 cm³/mol. The number of nitrogens with one attached hydrogen (secondary N) is 1. The molecular weight excluding hydrogens is 470 g/mol. The van der Waals surface area contributed by atoms with Crippen LogP contribution in [0.3, 0.4) is 0 Å². The first-order valence-corrected chi connectivity index (χ1v) is 12.0. The molecule has 3 aromatic rings. The standard InChI is InChI=1S/C25H27N3O6S/c1-18(19-9-11-20(32-2)12-10-19)26-27-25(29)17-28(23-7-5-6-8-24(23)34-4)35(30,31)22-15-13-21(33-3)14-16-22/h5-16H,17H2,1-4H3,(H,27,29)/b26-18-. The molecule has 0 aliphatic rings. The third-order valence-corrected chi connectivity index (χ3v) is 6.92. The first-order chi connectivity index (χ1) is 16.8. The van der Waals surface area contributed by atoms with Gasteiger partial charge in [0.2, 0.25) is 0 Å². The molecule has 0 spiro atoms. The van der Waals surface area contributed by atoms with Gasteiger partial charge >= 0.3 is 0 Å². The van der Waals surface area contributed by atoms with Crippen LogP contribution in [0.2, 0.25) is 0 Å². The van der Waals surface area contributed by atoms with Crippen LogP contribution in [0.1, 0.15) is 12.5 Å². The van der Waals surface area contributed by atoms with Crippen LogP contribution in [-0.2, 0) is 14.8 Å². The van der Waals surface area contributed by atoms with Crippen molar-refractivity contribution in [2.75, 3.05) is 32.2 Å². The van der Waals surface area contributed by atoms with E-state index in [4.69, 9.17) is 14.2 Å². The zero-order chi connectivity index (χ0) is 25.4. The van der Waals surface area contributed by atoms with Crippen LogP contribution in [0.5, 0.6) is 17.2 Å². The molecular formula is C25H27N3O6S. The Morgan fingerprint density at radius 1 is 0.857 bits per heavy atom. The molecule has 184 valence electrons. The number of methoxy groups -OCH3 is 3. The summed E-state index contributed by atoms with van der Waals surface area (Å²) in [6.07, 6.45) is 0. The van der Waals surface area contributed by atoms with Crippen molar-refractivity contribution in [3.8, 4) is 17.2 Å². The normalized spacial score (nSPS) is 11.5. The Balaban J connectivity index is 1.89. The van der Waals surface area contributed by atoms with Crippen LogP contribution in [-0.4, -0.2) is 47.9 Å². The third-order valence-electron chi connectivity index (χ3n) is 5.14. The van der Waals surface area contributed by atoms with Gasteiger partial charge in [-0.15, -0.1) is 0 Å². The second-order valence-corrected chi connectivity index (χ2v) is 9.18. The van der Waals surface area contributed by atoms with Crippen LogP contribution < -0.4 is 23.9 Å². The molecule has 0 radical (unpaired) electrons. The van der Waals surface area contributed by atoms with E-state index in [1.807, 2.05) is 0 Å². The van der Waals surface area contributed by atoms with Crippen molar-refractivity contribution < 1.29 is 27.4 Å². The zero-order valence-corrected chi connectivity index (χ0v) is 20.7. The van der Waals surface area contributed by atoms with Gasteiger partial charge in [-0.2, -0.15) is 5.10 Å². The average Bonchev–Trinajstić information content (AvgIpc) is 2.90. The molecule has 0 saturated heterocycles. The minimum atomic E-state index is -4.13. The summed E-state index contributed by atoms with van der Waals surface area (Å²) in [6, 6.07) is 19.6. The van der Waals surface area contributed by atoms with Gasteiger partial charge in [0.05, 0.1) is 37.6 Å². The van der Waals surface area contributed by atoms with E-state index in [1.165, 1.54) is 38.5 Å². The molecule has 0 heterocycles. The van der Waals surface area contributed by atoms with Crippen molar-refractivity contribution in [3.05, 3.63) is 78.4 Å². The van der Waals surface area contributed by atoms with E-state index in [0.29, 0.717) is 23.0 Å². The quantitative estimate of drug-likeness (QED) is 0.340. The summed E-state index contributed by atoms with van der Waals surface area (Å²) in [5.74, 6) is 0.881. The van der Waals surface area contributed by atoms with Gasteiger partial charge in [-0.25, -0.2) is 13.8 Å². The van der Waals surface area contributed by atoms with Crippen LogP contribution in [0.15, 0.2) is 82.8 Å². The fraction of sp³-hybridized carbons (Fsp3) is 0.200. The van der Waals surface area contributed by atoms with Gasteiger partial charge in [-0.05, 0) is 73.2 Å². The number of para-hydroxylation sites is 2. The number of rotatable bonds is 10. The number of nitrogens with zero attached hydrogens (tertiary/aromatic N) is 2. The summed E-state index contributed by atoms with van der Waals surface area (Å²) in [6.45, 7) is 1.21. The number of anilines is 1. The first kappa shape index (κ1) is 25.6. The van der Waals surface area contributed by atoms with Crippen LogP contribution in [0, 0.1) is 0 Å². The summed E-state index contributed by atoms with van der Waals surface area (Å²) in [4.78, 5) is 12.8. The zero-order valence-electron chi connectivity index (χ0n) is 19.9. The number of hydrogen-bond donors (Lipinski definition) is 1. The van der Waals surface area contributed by atoms with Gasteiger partial charge in [-0.3, -0.25) is 9.10 Å². The Hall–Kier alpha value is -4.05. The highest BCUT2D eigenvalue weighted by atomic mass is 32.2. The van der Waals surface area contributed by atoms with Crippen molar-refractivity contribution in [3.63, 3.8) is 0 Å². The third kappa shape index (κ3) is 6.10. The number of amides is 1. The van der Waals surface area contributed by atoms with E-state index in [2.05, 4.69) is 10.5 Å². The molecule has 0 bridgehead atoms. The fourth-order valence-electron chi connectivity index (χ4n) is 3.22. The molecule has 3 aromatic carbocycles. The Morgan fingerprint density at radius 2 is 1.43 bits per heavy atom. The number of hydrogen-bond acceptors (Lipinski definition) is 7. The highest BCUT2D eigenvalue weighted by Crippen LogP contribution is 2.32. The lowest BCUT2D eigenvalue weighted by Gasteiger charge is -2.25. The SMILES string of the molecule is COc1ccc(/C(C)=N\NC(=O)CN(c2ccccc2OC)S(=O)(=O)c2ccc(OC)cc2)cc1. The number of sulfonamides is 1. The van der Waals surface area contributed by atoms with E-state index in [9.17, 15) is 13.2 Å².